The van der Waals surface area contributed by atoms with Crippen molar-refractivity contribution in [3.63, 3.8) is 0 Å². The first-order valence-electron chi connectivity index (χ1n) is 8.70. The van der Waals surface area contributed by atoms with Crippen LogP contribution in [0.3, 0.4) is 0 Å². The molecular weight excluding hydrogens is 387 g/mol. The Morgan fingerprint density at radius 2 is 1.66 bits per heavy atom. The van der Waals surface area contributed by atoms with E-state index in [1.54, 1.807) is 13.0 Å². The lowest BCUT2D eigenvalue weighted by atomic mass is 9.98. The molecular formula is C20H18F3N3O3. The zero-order valence-corrected chi connectivity index (χ0v) is 16.2. The van der Waals surface area contributed by atoms with Crippen molar-refractivity contribution in [2.75, 3.05) is 0 Å². The Morgan fingerprint density at radius 1 is 1.03 bits per heavy atom. The van der Waals surface area contributed by atoms with Crippen molar-refractivity contribution in [1.82, 2.24) is 14.1 Å². The molecule has 0 aliphatic carbocycles. The number of ketones is 1. The van der Waals surface area contributed by atoms with Gasteiger partial charge in [-0.05, 0) is 55.7 Å². The van der Waals surface area contributed by atoms with Crippen molar-refractivity contribution < 1.29 is 18.0 Å². The third-order valence-corrected chi connectivity index (χ3v) is 4.92. The molecule has 0 unspecified atom stereocenters. The molecule has 0 fully saturated rings. The van der Waals surface area contributed by atoms with Crippen LogP contribution in [0.4, 0.5) is 13.2 Å². The largest absolute Gasteiger partial charge is 0.433 e. The predicted molar refractivity (Wildman–Crippen MR) is 101 cm³/mol. The molecule has 3 rings (SSSR count). The first kappa shape index (κ1) is 20.5. The van der Waals surface area contributed by atoms with Gasteiger partial charge >= 0.3 is 11.9 Å². The van der Waals surface area contributed by atoms with Crippen molar-refractivity contribution in [3.8, 4) is 0 Å². The molecule has 0 saturated heterocycles. The SMILES string of the molecule is Cc1cc(C)c(C(=O)Cn2c(=O)c3ccc(C(F)(F)F)nc3n(C)c2=O)cc1C. The Hall–Kier alpha value is -3.23. The number of fused-ring (bicyclic) bond motifs is 1. The number of pyridine rings is 1. The number of rotatable bonds is 3. The minimum atomic E-state index is -4.71. The molecule has 29 heavy (non-hydrogen) atoms. The van der Waals surface area contributed by atoms with E-state index in [1.807, 2.05) is 19.9 Å². The minimum Gasteiger partial charge on any atom is -0.292 e. The number of aromatic nitrogens is 3. The van der Waals surface area contributed by atoms with Crippen LogP contribution in [0.2, 0.25) is 0 Å². The molecule has 0 N–H and O–H groups in total. The van der Waals surface area contributed by atoms with Crippen LogP contribution < -0.4 is 11.2 Å². The standard InChI is InChI=1S/C20H18F3N3O3/c1-10-7-12(3)14(8-11(10)2)15(27)9-26-18(28)13-5-6-16(20(21,22)23)24-17(13)25(4)19(26)29/h5-8H,9H2,1-4H3. The summed E-state index contributed by atoms with van der Waals surface area (Å²) in [5.41, 5.74) is -0.387. The van der Waals surface area contributed by atoms with Crippen LogP contribution in [-0.2, 0) is 19.8 Å². The number of nitrogens with zero attached hydrogens (tertiary/aromatic N) is 3. The van der Waals surface area contributed by atoms with Gasteiger partial charge in [-0.15, -0.1) is 0 Å². The third kappa shape index (κ3) is 3.59. The summed E-state index contributed by atoms with van der Waals surface area (Å²) in [7, 11) is 1.21. The van der Waals surface area contributed by atoms with Crippen LogP contribution in [0, 0.1) is 20.8 Å². The molecule has 0 aliphatic heterocycles. The van der Waals surface area contributed by atoms with Gasteiger partial charge in [0.2, 0.25) is 0 Å². The number of hydrogen-bond donors (Lipinski definition) is 0. The molecule has 0 bridgehead atoms. The first-order chi connectivity index (χ1) is 13.4. The van der Waals surface area contributed by atoms with Gasteiger partial charge in [-0.3, -0.25) is 18.7 Å². The van der Waals surface area contributed by atoms with Gasteiger partial charge in [-0.2, -0.15) is 13.2 Å². The lowest BCUT2D eigenvalue weighted by Gasteiger charge is -2.13. The average molecular weight is 405 g/mol. The fraction of sp³-hybridized carbons (Fsp3) is 0.300. The molecule has 2 heterocycles. The van der Waals surface area contributed by atoms with Crippen LogP contribution in [0.5, 0.6) is 0 Å². The Bertz CT molecular complexity index is 1270. The maximum atomic E-state index is 12.9. The molecule has 0 spiro atoms. The fourth-order valence-corrected chi connectivity index (χ4v) is 3.16. The summed E-state index contributed by atoms with van der Waals surface area (Å²) < 4.78 is 40.3. The second-order valence-corrected chi connectivity index (χ2v) is 6.97. The van der Waals surface area contributed by atoms with E-state index in [0.717, 1.165) is 21.8 Å². The van der Waals surface area contributed by atoms with Crippen molar-refractivity contribution in [2.45, 2.75) is 33.5 Å². The van der Waals surface area contributed by atoms with Gasteiger partial charge in [0.1, 0.15) is 11.3 Å². The van der Waals surface area contributed by atoms with Crippen LogP contribution in [0.1, 0.15) is 32.7 Å². The number of Topliss-reactive ketones (excluding diaryl/α,β-unsaturated/α-hetero) is 1. The van der Waals surface area contributed by atoms with Gasteiger partial charge in [0.05, 0.1) is 11.9 Å². The van der Waals surface area contributed by atoms with Gasteiger partial charge < -0.3 is 0 Å². The van der Waals surface area contributed by atoms with Crippen molar-refractivity contribution in [3.05, 3.63) is 73.1 Å². The van der Waals surface area contributed by atoms with E-state index in [2.05, 4.69) is 4.98 Å². The van der Waals surface area contributed by atoms with Crippen LogP contribution in [-0.4, -0.2) is 19.9 Å². The van der Waals surface area contributed by atoms with Crippen LogP contribution in [0.25, 0.3) is 11.0 Å². The Labute approximate surface area is 163 Å². The minimum absolute atomic E-state index is 0.176. The van der Waals surface area contributed by atoms with Gasteiger partial charge in [0.25, 0.3) is 5.56 Å². The quantitative estimate of drug-likeness (QED) is 0.628. The average Bonchev–Trinajstić information content (AvgIpc) is 2.65. The summed E-state index contributed by atoms with van der Waals surface area (Å²) in [4.78, 5) is 41.5. The molecule has 152 valence electrons. The highest BCUT2D eigenvalue weighted by atomic mass is 19.4. The molecule has 0 aliphatic rings. The second kappa shape index (κ2) is 6.98. The summed E-state index contributed by atoms with van der Waals surface area (Å²) in [5, 5.41) is -0.176. The summed E-state index contributed by atoms with van der Waals surface area (Å²) >= 11 is 0. The van der Waals surface area contributed by atoms with Crippen molar-refractivity contribution >= 4 is 16.8 Å². The van der Waals surface area contributed by atoms with E-state index in [9.17, 15) is 27.6 Å². The molecule has 1 aromatic carbocycles. The summed E-state index contributed by atoms with van der Waals surface area (Å²) in [6.45, 7) is 4.98. The van der Waals surface area contributed by atoms with Crippen LogP contribution in [0.15, 0.2) is 33.9 Å². The molecule has 0 atom stereocenters. The number of halogens is 3. The van der Waals surface area contributed by atoms with Crippen molar-refractivity contribution in [1.29, 1.82) is 0 Å². The smallest absolute Gasteiger partial charge is 0.292 e. The predicted octanol–water partition coefficient (Wildman–Crippen LogP) is 2.92. The Kier molecular flexibility index (Phi) is 4.94. The molecule has 6 nitrogen and oxygen atoms in total. The maximum Gasteiger partial charge on any atom is 0.433 e. The highest BCUT2D eigenvalue weighted by Crippen LogP contribution is 2.28. The monoisotopic (exact) mass is 405 g/mol. The number of alkyl halides is 3. The number of benzene rings is 1. The van der Waals surface area contributed by atoms with Crippen molar-refractivity contribution in [2.24, 2.45) is 7.05 Å². The van der Waals surface area contributed by atoms with Gasteiger partial charge in [0, 0.05) is 12.6 Å². The van der Waals surface area contributed by atoms with E-state index in [4.69, 9.17) is 0 Å². The van der Waals surface area contributed by atoms with E-state index in [1.165, 1.54) is 7.05 Å². The number of aryl methyl sites for hydroxylation is 4. The number of carbonyl (C=O) groups excluding carboxylic acids is 1. The second-order valence-electron chi connectivity index (χ2n) is 6.97. The van der Waals surface area contributed by atoms with E-state index >= 15 is 0 Å². The number of hydrogen-bond acceptors (Lipinski definition) is 4. The maximum absolute atomic E-state index is 12.9. The summed E-state index contributed by atoms with van der Waals surface area (Å²) in [6, 6.07) is 5.18. The molecule has 3 aromatic rings. The Morgan fingerprint density at radius 3 is 2.28 bits per heavy atom. The first-order valence-corrected chi connectivity index (χ1v) is 8.70. The lowest BCUT2D eigenvalue weighted by Crippen LogP contribution is -2.41. The molecule has 0 amide bonds. The van der Waals surface area contributed by atoms with E-state index < -0.39 is 35.4 Å². The Balaban J connectivity index is 2.14. The van der Waals surface area contributed by atoms with Gasteiger partial charge in [-0.1, -0.05) is 6.07 Å². The third-order valence-electron chi connectivity index (χ3n) is 4.92. The fourth-order valence-electron chi connectivity index (χ4n) is 3.16. The molecule has 9 heteroatoms. The van der Waals surface area contributed by atoms with E-state index in [-0.39, 0.29) is 11.0 Å². The van der Waals surface area contributed by atoms with Gasteiger partial charge in [-0.25, -0.2) is 9.78 Å². The number of carbonyl (C=O) groups is 1. The summed E-state index contributed by atoms with van der Waals surface area (Å²) in [6.07, 6.45) is -4.71. The molecule has 2 aromatic heterocycles. The summed E-state index contributed by atoms with van der Waals surface area (Å²) in [5.74, 6) is -0.441. The normalized spacial score (nSPS) is 11.8. The van der Waals surface area contributed by atoms with Gasteiger partial charge in [0.15, 0.2) is 5.78 Å². The highest BCUT2D eigenvalue weighted by molar-refractivity contribution is 5.97. The molecule has 0 radical (unpaired) electrons. The van der Waals surface area contributed by atoms with E-state index in [0.29, 0.717) is 21.8 Å². The lowest BCUT2D eigenvalue weighted by molar-refractivity contribution is -0.141. The topological polar surface area (TPSA) is 74.0 Å². The zero-order valence-electron chi connectivity index (χ0n) is 16.2. The van der Waals surface area contributed by atoms with Crippen LogP contribution >= 0.6 is 0 Å². The highest BCUT2D eigenvalue weighted by Gasteiger charge is 2.33. The molecule has 0 saturated carbocycles. The zero-order chi connectivity index (χ0) is 21.7.